The molecule has 2 bridgehead atoms. The Morgan fingerprint density at radius 2 is 1.47 bits per heavy atom. The van der Waals surface area contributed by atoms with Gasteiger partial charge in [0, 0.05) is 11.8 Å². The lowest BCUT2D eigenvalue weighted by Gasteiger charge is -2.24. The monoisotopic (exact) mass is 200 g/mol. The number of benzene rings is 1. The first-order valence-corrected chi connectivity index (χ1v) is 5.95. The molecule has 0 aliphatic heterocycles. The van der Waals surface area contributed by atoms with Crippen LogP contribution in [0.25, 0.3) is 0 Å². The van der Waals surface area contributed by atoms with E-state index in [-0.39, 0.29) is 0 Å². The highest BCUT2D eigenvalue weighted by atomic mass is 16.1. The van der Waals surface area contributed by atoms with Gasteiger partial charge in [-0.2, -0.15) is 0 Å². The Morgan fingerprint density at radius 3 is 2.00 bits per heavy atom. The van der Waals surface area contributed by atoms with Gasteiger partial charge in [-0.15, -0.1) is 0 Å². The van der Waals surface area contributed by atoms with Crippen molar-refractivity contribution in [2.75, 3.05) is 0 Å². The molecule has 3 rings (SSSR count). The van der Waals surface area contributed by atoms with Crippen molar-refractivity contribution in [2.24, 2.45) is 11.8 Å². The van der Waals surface area contributed by atoms with E-state index in [9.17, 15) is 4.79 Å². The molecule has 2 aliphatic carbocycles. The average molecular weight is 200 g/mol. The minimum absolute atomic E-state index is 0.326. The molecule has 0 saturated heterocycles. The fourth-order valence-corrected chi connectivity index (χ4v) is 3.12. The Bertz CT molecular complexity index is 359. The van der Waals surface area contributed by atoms with E-state index in [4.69, 9.17) is 0 Å². The van der Waals surface area contributed by atoms with E-state index in [1.807, 2.05) is 0 Å². The zero-order valence-electron chi connectivity index (χ0n) is 8.91. The van der Waals surface area contributed by atoms with Gasteiger partial charge in [-0.3, -0.25) is 4.79 Å². The number of hydrogen-bond donors (Lipinski definition) is 0. The van der Waals surface area contributed by atoms with Crippen molar-refractivity contribution in [3.8, 4) is 0 Å². The lowest BCUT2D eigenvalue weighted by Crippen LogP contribution is -2.28. The number of rotatable bonds is 0. The van der Waals surface area contributed by atoms with Crippen LogP contribution in [0.2, 0.25) is 0 Å². The van der Waals surface area contributed by atoms with Crippen LogP contribution in [-0.4, -0.2) is 5.78 Å². The van der Waals surface area contributed by atoms with Gasteiger partial charge < -0.3 is 0 Å². The van der Waals surface area contributed by atoms with Crippen LogP contribution in [-0.2, 0) is 17.6 Å². The molecule has 1 aromatic carbocycles. The molecule has 1 saturated carbocycles. The Labute approximate surface area is 90.5 Å². The van der Waals surface area contributed by atoms with Crippen LogP contribution in [0.4, 0.5) is 0 Å². The van der Waals surface area contributed by atoms with Gasteiger partial charge in [-0.25, -0.2) is 0 Å². The number of carbonyl (C=O) groups excluding carboxylic acids is 1. The van der Waals surface area contributed by atoms with Crippen molar-refractivity contribution in [3.63, 3.8) is 0 Å². The Morgan fingerprint density at radius 1 is 0.933 bits per heavy atom. The first kappa shape index (κ1) is 9.14. The van der Waals surface area contributed by atoms with Gasteiger partial charge >= 0.3 is 0 Å². The van der Waals surface area contributed by atoms with Crippen molar-refractivity contribution >= 4 is 5.78 Å². The summed E-state index contributed by atoms with van der Waals surface area (Å²) in [7, 11) is 0. The van der Waals surface area contributed by atoms with E-state index in [0.29, 0.717) is 17.6 Å². The Balaban J connectivity index is 2.03. The van der Waals surface area contributed by atoms with Crippen molar-refractivity contribution < 1.29 is 4.79 Å². The first-order chi connectivity index (χ1) is 7.34. The highest BCUT2D eigenvalue weighted by molar-refractivity contribution is 5.85. The molecule has 2 unspecified atom stereocenters. The molecular formula is C14H16O. The maximum Gasteiger partial charge on any atom is 0.139 e. The molecule has 15 heavy (non-hydrogen) atoms. The summed E-state index contributed by atoms with van der Waals surface area (Å²) in [6.07, 6.45) is 5.46. The molecule has 0 aromatic heterocycles. The van der Waals surface area contributed by atoms with Crippen LogP contribution in [0, 0.1) is 11.8 Å². The summed E-state index contributed by atoms with van der Waals surface area (Å²) in [5.74, 6) is 1.19. The van der Waals surface area contributed by atoms with Gasteiger partial charge in [-0.1, -0.05) is 30.7 Å². The summed E-state index contributed by atoms with van der Waals surface area (Å²) in [6.45, 7) is 0. The third-order valence-electron chi connectivity index (χ3n) is 3.96. The molecule has 0 N–H and O–H groups in total. The highest BCUT2D eigenvalue weighted by Crippen LogP contribution is 2.35. The molecule has 1 heteroatoms. The summed E-state index contributed by atoms with van der Waals surface area (Å²) in [4.78, 5) is 12.1. The zero-order chi connectivity index (χ0) is 10.3. The van der Waals surface area contributed by atoms with Gasteiger partial charge in [0.2, 0.25) is 0 Å². The predicted molar refractivity (Wildman–Crippen MR) is 59.7 cm³/mol. The molecule has 0 heterocycles. The summed E-state index contributed by atoms with van der Waals surface area (Å²) in [5, 5.41) is 0. The van der Waals surface area contributed by atoms with Gasteiger partial charge in [0.25, 0.3) is 0 Å². The third kappa shape index (κ3) is 1.50. The van der Waals surface area contributed by atoms with E-state index in [0.717, 1.165) is 25.7 Å². The molecule has 1 fully saturated rings. The molecule has 78 valence electrons. The molecule has 1 nitrogen and oxygen atoms in total. The lowest BCUT2D eigenvalue weighted by atomic mass is 9.79. The second-order valence-corrected chi connectivity index (χ2v) is 4.90. The van der Waals surface area contributed by atoms with Gasteiger partial charge in [0.15, 0.2) is 0 Å². The minimum Gasteiger partial charge on any atom is -0.299 e. The van der Waals surface area contributed by atoms with Crippen LogP contribution in [0.3, 0.4) is 0 Å². The van der Waals surface area contributed by atoms with Gasteiger partial charge in [0.1, 0.15) is 5.78 Å². The topological polar surface area (TPSA) is 17.1 Å². The minimum atomic E-state index is 0.326. The van der Waals surface area contributed by atoms with Crippen LogP contribution in [0.15, 0.2) is 24.3 Å². The largest absolute Gasteiger partial charge is 0.299 e. The zero-order valence-corrected chi connectivity index (χ0v) is 8.91. The van der Waals surface area contributed by atoms with E-state index >= 15 is 0 Å². The predicted octanol–water partition coefficient (Wildman–Crippen LogP) is 2.77. The fourth-order valence-electron chi connectivity index (χ4n) is 3.12. The number of fused-ring (bicyclic) bond motifs is 3. The maximum atomic E-state index is 12.1. The molecule has 1 aromatic rings. The fraction of sp³-hybridized carbons (Fsp3) is 0.500. The molecule has 0 spiro atoms. The molecule has 0 amide bonds. The van der Waals surface area contributed by atoms with Crippen LogP contribution in [0.5, 0.6) is 0 Å². The van der Waals surface area contributed by atoms with E-state index in [1.54, 1.807) is 0 Å². The Kier molecular flexibility index (Phi) is 2.12. The Hall–Kier alpha value is -1.11. The van der Waals surface area contributed by atoms with E-state index in [1.165, 1.54) is 17.5 Å². The summed E-state index contributed by atoms with van der Waals surface area (Å²) in [6, 6.07) is 8.59. The standard InChI is InChI=1S/C14H16O/c15-14-12-6-3-7-13(14)9-11-5-2-1-4-10(11)8-12/h1-2,4-5,12-13H,3,6-9H2. The molecule has 2 aliphatic rings. The molecule has 0 radical (unpaired) electrons. The summed E-state index contributed by atoms with van der Waals surface area (Å²) < 4.78 is 0. The van der Waals surface area contributed by atoms with Crippen LogP contribution in [0.1, 0.15) is 30.4 Å². The summed E-state index contributed by atoms with van der Waals surface area (Å²) in [5.41, 5.74) is 2.83. The molecular weight excluding hydrogens is 184 g/mol. The van der Waals surface area contributed by atoms with E-state index < -0.39 is 0 Å². The average Bonchev–Trinajstić information content (AvgIpc) is 2.34. The highest BCUT2D eigenvalue weighted by Gasteiger charge is 2.34. The van der Waals surface area contributed by atoms with Crippen molar-refractivity contribution in [1.82, 2.24) is 0 Å². The number of Topliss-reactive ketones (excluding diaryl/α,β-unsaturated/α-hetero) is 1. The van der Waals surface area contributed by atoms with Crippen molar-refractivity contribution in [2.45, 2.75) is 32.1 Å². The third-order valence-corrected chi connectivity index (χ3v) is 3.96. The second-order valence-electron chi connectivity index (χ2n) is 4.90. The van der Waals surface area contributed by atoms with Crippen LogP contribution < -0.4 is 0 Å². The summed E-state index contributed by atoms with van der Waals surface area (Å²) >= 11 is 0. The quantitative estimate of drug-likeness (QED) is 0.629. The number of hydrogen-bond acceptors (Lipinski definition) is 1. The van der Waals surface area contributed by atoms with Crippen molar-refractivity contribution in [1.29, 1.82) is 0 Å². The van der Waals surface area contributed by atoms with E-state index in [2.05, 4.69) is 24.3 Å². The molecule has 2 atom stereocenters. The number of ketones is 1. The SMILES string of the molecule is O=C1C2CCCC1Cc1ccccc1C2. The van der Waals surface area contributed by atoms with Gasteiger partial charge in [0.05, 0.1) is 0 Å². The van der Waals surface area contributed by atoms with Crippen LogP contribution >= 0.6 is 0 Å². The second kappa shape index (κ2) is 3.48. The van der Waals surface area contributed by atoms with Crippen molar-refractivity contribution in [3.05, 3.63) is 35.4 Å². The first-order valence-electron chi connectivity index (χ1n) is 5.95. The lowest BCUT2D eigenvalue weighted by molar-refractivity contribution is -0.128. The normalized spacial score (nSPS) is 29.5. The smallest absolute Gasteiger partial charge is 0.139 e. The number of carbonyl (C=O) groups is 1. The van der Waals surface area contributed by atoms with Gasteiger partial charge in [-0.05, 0) is 36.8 Å². The maximum absolute atomic E-state index is 12.1.